The van der Waals surface area contributed by atoms with E-state index in [1.54, 1.807) is 12.1 Å². The predicted octanol–water partition coefficient (Wildman–Crippen LogP) is 3.14. The van der Waals surface area contributed by atoms with Crippen molar-refractivity contribution in [2.24, 2.45) is 0 Å². The van der Waals surface area contributed by atoms with Gasteiger partial charge in [-0.15, -0.1) is 0 Å². The van der Waals surface area contributed by atoms with Crippen LogP contribution in [0.1, 0.15) is 10.4 Å². The minimum Gasteiger partial charge on any atom is -0.336 e. The number of piperazine rings is 1. The molecule has 3 nitrogen and oxygen atoms in total. The zero-order valence-electron chi connectivity index (χ0n) is 9.92. The third-order valence-electron chi connectivity index (χ3n) is 3.02. The number of carbonyl (C=O) groups is 1. The minimum absolute atomic E-state index is 0.0144. The summed E-state index contributed by atoms with van der Waals surface area (Å²) < 4.78 is 0.626. The number of hydrogen-bond donors (Lipinski definition) is 0. The van der Waals surface area contributed by atoms with E-state index in [1.807, 2.05) is 4.90 Å². The second kappa shape index (κ2) is 5.78. The van der Waals surface area contributed by atoms with Gasteiger partial charge in [-0.2, -0.15) is 0 Å². The second-order valence-electron chi connectivity index (χ2n) is 4.35. The largest absolute Gasteiger partial charge is 0.336 e. The molecule has 0 saturated carbocycles. The highest BCUT2D eigenvalue weighted by Gasteiger charge is 2.21. The summed E-state index contributed by atoms with van der Waals surface area (Å²) in [5.41, 5.74) is 0.540. The topological polar surface area (TPSA) is 23.6 Å². The summed E-state index contributed by atoms with van der Waals surface area (Å²) >= 11 is 15.3. The number of amides is 1. The Labute approximate surface area is 125 Å². The number of carbonyl (C=O) groups excluding carboxylic acids is 1. The zero-order chi connectivity index (χ0) is 13.3. The highest BCUT2D eigenvalue weighted by Crippen LogP contribution is 2.32. The van der Waals surface area contributed by atoms with E-state index in [1.165, 1.54) is 0 Å². The van der Waals surface area contributed by atoms with Crippen molar-refractivity contribution < 1.29 is 4.79 Å². The van der Waals surface area contributed by atoms with Gasteiger partial charge in [0.15, 0.2) is 0 Å². The lowest BCUT2D eigenvalue weighted by Gasteiger charge is -2.32. The Morgan fingerprint density at radius 2 is 1.67 bits per heavy atom. The van der Waals surface area contributed by atoms with E-state index >= 15 is 0 Å². The number of nitrogens with zero attached hydrogens (tertiary/aromatic N) is 2. The normalized spacial score (nSPS) is 17.0. The van der Waals surface area contributed by atoms with Crippen molar-refractivity contribution in [1.29, 1.82) is 0 Å². The van der Waals surface area contributed by atoms with E-state index in [4.69, 9.17) is 23.2 Å². The van der Waals surface area contributed by atoms with E-state index < -0.39 is 0 Å². The van der Waals surface area contributed by atoms with E-state index in [9.17, 15) is 4.79 Å². The Balaban J connectivity index is 2.19. The fraction of sp³-hybridized carbons (Fsp3) is 0.417. The highest BCUT2D eigenvalue weighted by atomic mass is 79.9. The quantitative estimate of drug-likeness (QED) is 0.725. The number of benzene rings is 1. The third kappa shape index (κ3) is 2.99. The Kier molecular flexibility index (Phi) is 4.54. The summed E-state index contributed by atoms with van der Waals surface area (Å²) in [7, 11) is 2.05. The molecule has 1 aromatic rings. The van der Waals surface area contributed by atoms with E-state index in [-0.39, 0.29) is 5.91 Å². The van der Waals surface area contributed by atoms with E-state index in [0.717, 1.165) is 26.2 Å². The van der Waals surface area contributed by atoms with Gasteiger partial charge in [-0.1, -0.05) is 23.2 Å². The first-order chi connectivity index (χ1) is 8.49. The predicted molar refractivity (Wildman–Crippen MR) is 77.6 cm³/mol. The first-order valence-electron chi connectivity index (χ1n) is 5.61. The molecule has 98 valence electrons. The Morgan fingerprint density at radius 3 is 2.17 bits per heavy atom. The number of halogens is 3. The maximum Gasteiger partial charge on any atom is 0.254 e. The van der Waals surface area contributed by atoms with Crippen molar-refractivity contribution in [2.45, 2.75) is 0 Å². The van der Waals surface area contributed by atoms with Gasteiger partial charge in [0.05, 0.1) is 14.5 Å². The van der Waals surface area contributed by atoms with Gasteiger partial charge in [-0.25, -0.2) is 0 Å². The second-order valence-corrected chi connectivity index (χ2v) is 5.96. The molecule has 1 amide bonds. The van der Waals surface area contributed by atoms with Crippen LogP contribution in [0.25, 0.3) is 0 Å². The molecule has 0 radical (unpaired) electrons. The van der Waals surface area contributed by atoms with Crippen LogP contribution in [0.5, 0.6) is 0 Å². The van der Waals surface area contributed by atoms with Gasteiger partial charge in [0.2, 0.25) is 0 Å². The van der Waals surface area contributed by atoms with Crippen LogP contribution in [0.15, 0.2) is 16.6 Å². The van der Waals surface area contributed by atoms with E-state index in [0.29, 0.717) is 20.1 Å². The fourth-order valence-electron chi connectivity index (χ4n) is 1.87. The summed E-state index contributed by atoms with van der Waals surface area (Å²) in [6.45, 7) is 3.26. The molecule has 0 atom stereocenters. The van der Waals surface area contributed by atoms with Crippen molar-refractivity contribution in [3.05, 3.63) is 32.2 Å². The Hall–Kier alpha value is -0.290. The molecule has 1 fully saturated rings. The molecule has 18 heavy (non-hydrogen) atoms. The maximum absolute atomic E-state index is 12.3. The van der Waals surface area contributed by atoms with Crippen LogP contribution in [-0.4, -0.2) is 48.9 Å². The van der Waals surface area contributed by atoms with Crippen molar-refractivity contribution in [1.82, 2.24) is 9.80 Å². The van der Waals surface area contributed by atoms with Crippen LogP contribution >= 0.6 is 39.1 Å². The Bertz CT molecular complexity index is 450. The molecule has 1 aliphatic heterocycles. The molecular weight excluding hydrogens is 339 g/mol. The lowest BCUT2D eigenvalue weighted by atomic mass is 10.2. The van der Waals surface area contributed by atoms with Crippen molar-refractivity contribution >= 4 is 45.0 Å². The molecule has 0 spiro atoms. The van der Waals surface area contributed by atoms with Gasteiger partial charge in [0.1, 0.15) is 0 Å². The summed E-state index contributed by atoms with van der Waals surface area (Å²) in [5, 5.41) is 0.917. The van der Waals surface area contributed by atoms with Crippen molar-refractivity contribution in [3.63, 3.8) is 0 Å². The van der Waals surface area contributed by atoms with E-state index in [2.05, 4.69) is 27.9 Å². The van der Waals surface area contributed by atoms with Crippen LogP contribution < -0.4 is 0 Å². The summed E-state index contributed by atoms with van der Waals surface area (Å²) in [5.74, 6) is -0.0144. The van der Waals surface area contributed by atoms with Gasteiger partial charge < -0.3 is 9.80 Å². The van der Waals surface area contributed by atoms with Gasteiger partial charge >= 0.3 is 0 Å². The molecule has 0 aromatic heterocycles. The molecule has 0 unspecified atom stereocenters. The maximum atomic E-state index is 12.3. The molecule has 1 aliphatic rings. The average Bonchev–Trinajstić information content (AvgIpc) is 2.35. The number of likely N-dealkylation sites (N-methyl/N-ethyl adjacent to an activating group) is 1. The van der Waals surface area contributed by atoms with Gasteiger partial charge in [0, 0.05) is 31.7 Å². The number of hydrogen-bond acceptors (Lipinski definition) is 2. The highest BCUT2D eigenvalue weighted by molar-refractivity contribution is 9.10. The van der Waals surface area contributed by atoms with Crippen molar-refractivity contribution in [3.8, 4) is 0 Å². The van der Waals surface area contributed by atoms with Crippen LogP contribution in [0.4, 0.5) is 0 Å². The molecule has 1 heterocycles. The summed E-state index contributed by atoms with van der Waals surface area (Å²) in [6.07, 6.45) is 0. The monoisotopic (exact) mass is 350 g/mol. The first kappa shape index (κ1) is 14.1. The zero-order valence-corrected chi connectivity index (χ0v) is 13.0. The average molecular weight is 352 g/mol. The van der Waals surface area contributed by atoms with Crippen LogP contribution in [-0.2, 0) is 0 Å². The summed E-state index contributed by atoms with van der Waals surface area (Å²) in [4.78, 5) is 16.3. The lowest BCUT2D eigenvalue weighted by molar-refractivity contribution is 0.0664. The molecule has 0 bridgehead atoms. The van der Waals surface area contributed by atoms with Crippen LogP contribution in [0, 0.1) is 0 Å². The number of rotatable bonds is 1. The van der Waals surface area contributed by atoms with Gasteiger partial charge in [-0.05, 0) is 35.1 Å². The third-order valence-corrected chi connectivity index (χ3v) is 4.93. The minimum atomic E-state index is -0.0144. The molecule has 0 N–H and O–H groups in total. The smallest absolute Gasteiger partial charge is 0.254 e. The summed E-state index contributed by atoms with van der Waals surface area (Å²) in [6, 6.07) is 3.30. The fourth-order valence-corrected chi connectivity index (χ4v) is 2.59. The standard InChI is InChI=1S/C12H13BrCl2N2O/c1-16-2-4-17(5-3-16)12(18)8-6-9(14)11(13)10(15)7-8/h6-7H,2-5H2,1H3. The van der Waals surface area contributed by atoms with Crippen LogP contribution in [0.2, 0.25) is 10.0 Å². The molecular formula is C12H13BrCl2N2O. The van der Waals surface area contributed by atoms with Crippen molar-refractivity contribution in [2.75, 3.05) is 33.2 Å². The molecule has 2 rings (SSSR count). The first-order valence-corrected chi connectivity index (χ1v) is 7.16. The molecule has 1 saturated heterocycles. The Morgan fingerprint density at radius 1 is 1.17 bits per heavy atom. The van der Waals surface area contributed by atoms with Gasteiger partial charge in [-0.3, -0.25) is 4.79 Å². The SMILES string of the molecule is CN1CCN(C(=O)c2cc(Cl)c(Br)c(Cl)c2)CC1. The lowest BCUT2D eigenvalue weighted by Crippen LogP contribution is -2.47. The molecule has 1 aromatic carbocycles. The van der Waals surface area contributed by atoms with Crippen LogP contribution in [0.3, 0.4) is 0 Å². The molecule has 0 aliphatic carbocycles. The van der Waals surface area contributed by atoms with Gasteiger partial charge in [0.25, 0.3) is 5.91 Å². The molecule has 6 heteroatoms.